The lowest BCUT2D eigenvalue weighted by Gasteiger charge is -2.18. The number of aliphatic imine (C=N–C) groups is 1. The van der Waals surface area contributed by atoms with Crippen LogP contribution < -0.4 is 10.6 Å². The predicted octanol–water partition coefficient (Wildman–Crippen LogP) is 2.90. The van der Waals surface area contributed by atoms with Crippen LogP contribution in [-0.4, -0.2) is 56.8 Å². The first-order chi connectivity index (χ1) is 12.2. The van der Waals surface area contributed by atoms with E-state index in [1.165, 1.54) is 21.6 Å². The second-order valence-corrected chi connectivity index (χ2v) is 7.13. The third kappa shape index (κ3) is 7.23. The number of alkyl halides is 3. The molecule has 2 rings (SSSR count). The molecule has 2 N–H and O–H groups in total. The number of nitrogens with one attached hydrogen (secondary N) is 2. The van der Waals surface area contributed by atoms with Crippen LogP contribution in [-0.2, 0) is 6.42 Å². The minimum absolute atomic E-state index is 0.218. The van der Waals surface area contributed by atoms with Gasteiger partial charge in [-0.2, -0.15) is 13.2 Å². The molecule has 1 aromatic rings. The molecule has 7 heteroatoms. The number of halogens is 3. The summed E-state index contributed by atoms with van der Waals surface area (Å²) in [6.07, 6.45) is -2.44. The monoisotopic (exact) mass is 370 g/mol. The normalized spacial score (nSPS) is 19.0. The van der Waals surface area contributed by atoms with Crippen LogP contribution in [0, 0.1) is 19.8 Å². The van der Waals surface area contributed by atoms with Crippen molar-refractivity contribution in [2.45, 2.75) is 32.9 Å². The summed E-state index contributed by atoms with van der Waals surface area (Å²) in [4.78, 5) is 5.67. The molecule has 1 aliphatic rings. The van der Waals surface area contributed by atoms with Gasteiger partial charge in [0.1, 0.15) is 0 Å². The molecule has 1 unspecified atom stereocenters. The van der Waals surface area contributed by atoms with Gasteiger partial charge in [-0.3, -0.25) is 9.89 Å². The highest BCUT2D eigenvalue weighted by molar-refractivity contribution is 5.79. The molecule has 146 valence electrons. The standard InChI is InChI=1S/C19H29F3N4/c1-14-8-15(2)10-16(9-14)4-6-24-18(23-3)25-11-17-5-7-26(12-17)13-19(20,21)22/h8-10,17H,4-7,11-13H2,1-3H3,(H2,23,24,25). The van der Waals surface area contributed by atoms with Gasteiger partial charge in [0, 0.05) is 26.7 Å². The van der Waals surface area contributed by atoms with E-state index in [-0.39, 0.29) is 5.92 Å². The van der Waals surface area contributed by atoms with Crippen LogP contribution in [0.25, 0.3) is 0 Å². The van der Waals surface area contributed by atoms with Crippen LogP contribution in [0.5, 0.6) is 0 Å². The van der Waals surface area contributed by atoms with Crippen LogP contribution >= 0.6 is 0 Å². The molecule has 0 amide bonds. The lowest BCUT2D eigenvalue weighted by atomic mass is 10.1. The van der Waals surface area contributed by atoms with Gasteiger partial charge in [0.05, 0.1) is 6.54 Å². The highest BCUT2D eigenvalue weighted by Gasteiger charge is 2.34. The summed E-state index contributed by atoms with van der Waals surface area (Å²) in [5.41, 5.74) is 3.79. The summed E-state index contributed by atoms with van der Waals surface area (Å²) in [7, 11) is 1.71. The summed E-state index contributed by atoms with van der Waals surface area (Å²) in [6.45, 7) is 5.75. The fourth-order valence-electron chi connectivity index (χ4n) is 3.48. The van der Waals surface area contributed by atoms with Crippen molar-refractivity contribution in [2.24, 2.45) is 10.9 Å². The maximum absolute atomic E-state index is 12.4. The highest BCUT2D eigenvalue weighted by atomic mass is 19.4. The van der Waals surface area contributed by atoms with Crippen molar-refractivity contribution in [3.8, 4) is 0 Å². The second kappa shape index (κ2) is 9.26. The van der Waals surface area contributed by atoms with Crippen molar-refractivity contribution in [1.29, 1.82) is 0 Å². The molecule has 1 aliphatic heterocycles. The molecular weight excluding hydrogens is 341 g/mol. The van der Waals surface area contributed by atoms with E-state index in [1.807, 2.05) is 0 Å². The fourth-order valence-corrected chi connectivity index (χ4v) is 3.48. The number of guanidine groups is 1. The third-order valence-electron chi connectivity index (χ3n) is 4.54. The van der Waals surface area contributed by atoms with Gasteiger partial charge in [0.15, 0.2) is 5.96 Å². The summed E-state index contributed by atoms with van der Waals surface area (Å²) >= 11 is 0. The van der Waals surface area contributed by atoms with Crippen LogP contribution in [0.3, 0.4) is 0 Å². The zero-order valence-corrected chi connectivity index (χ0v) is 15.8. The number of hydrogen-bond donors (Lipinski definition) is 2. The minimum Gasteiger partial charge on any atom is -0.356 e. The Labute approximate surface area is 153 Å². The molecule has 1 aromatic carbocycles. The Bertz CT molecular complexity index is 593. The van der Waals surface area contributed by atoms with Gasteiger partial charge in [-0.1, -0.05) is 29.3 Å². The van der Waals surface area contributed by atoms with Crippen LogP contribution in [0.15, 0.2) is 23.2 Å². The number of nitrogens with zero attached hydrogens (tertiary/aromatic N) is 2. The maximum Gasteiger partial charge on any atom is 0.401 e. The van der Waals surface area contributed by atoms with Crippen molar-refractivity contribution < 1.29 is 13.2 Å². The lowest BCUT2D eigenvalue weighted by molar-refractivity contribution is -0.143. The molecule has 0 radical (unpaired) electrons. The Morgan fingerprint density at radius 3 is 2.50 bits per heavy atom. The molecule has 1 atom stereocenters. The Hall–Kier alpha value is -1.76. The van der Waals surface area contributed by atoms with E-state index in [0.29, 0.717) is 25.6 Å². The van der Waals surface area contributed by atoms with E-state index in [9.17, 15) is 13.2 Å². The average Bonchev–Trinajstić information content (AvgIpc) is 2.95. The van der Waals surface area contributed by atoms with Gasteiger partial charge in [-0.05, 0) is 44.7 Å². The molecule has 26 heavy (non-hydrogen) atoms. The zero-order chi connectivity index (χ0) is 19.2. The first-order valence-electron chi connectivity index (χ1n) is 9.06. The van der Waals surface area contributed by atoms with Gasteiger partial charge >= 0.3 is 6.18 Å². The molecule has 0 spiro atoms. The summed E-state index contributed by atoms with van der Waals surface area (Å²) in [5, 5.41) is 6.51. The lowest BCUT2D eigenvalue weighted by Crippen LogP contribution is -2.41. The van der Waals surface area contributed by atoms with Crippen molar-refractivity contribution in [2.75, 3.05) is 39.8 Å². The third-order valence-corrected chi connectivity index (χ3v) is 4.54. The van der Waals surface area contributed by atoms with Crippen LogP contribution in [0.4, 0.5) is 13.2 Å². The number of aryl methyl sites for hydroxylation is 2. The van der Waals surface area contributed by atoms with Gasteiger partial charge in [-0.15, -0.1) is 0 Å². The quantitative estimate of drug-likeness (QED) is 0.598. The predicted molar refractivity (Wildman–Crippen MR) is 99.6 cm³/mol. The minimum atomic E-state index is -4.12. The van der Waals surface area contributed by atoms with Crippen LogP contribution in [0.2, 0.25) is 0 Å². The zero-order valence-electron chi connectivity index (χ0n) is 15.8. The van der Waals surface area contributed by atoms with Gasteiger partial charge in [0.2, 0.25) is 0 Å². The summed E-state index contributed by atoms with van der Waals surface area (Å²) < 4.78 is 37.3. The van der Waals surface area contributed by atoms with Gasteiger partial charge in [0.25, 0.3) is 0 Å². The molecule has 0 saturated carbocycles. The second-order valence-electron chi connectivity index (χ2n) is 7.13. The van der Waals surface area contributed by atoms with E-state index in [4.69, 9.17) is 0 Å². The molecule has 0 aromatic heterocycles. The highest BCUT2D eigenvalue weighted by Crippen LogP contribution is 2.22. The SMILES string of the molecule is CN=C(NCCc1cc(C)cc(C)c1)NCC1CCN(CC(F)(F)F)C1. The van der Waals surface area contributed by atoms with E-state index >= 15 is 0 Å². The van der Waals surface area contributed by atoms with Crippen molar-refractivity contribution >= 4 is 5.96 Å². The largest absolute Gasteiger partial charge is 0.401 e. The van der Waals surface area contributed by atoms with E-state index in [2.05, 4.69) is 47.7 Å². The van der Waals surface area contributed by atoms with Crippen LogP contribution in [0.1, 0.15) is 23.1 Å². The molecule has 1 saturated heterocycles. The smallest absolute Gasteiger partial charge is 0.356 e. The summed E-state index contributed by atoms with van der Waals surface area (Å²) in [5.74, 6) is 0.916. The van der Waals surface area contributed by atoms with Gasteiger partial charge < -0.3 is 10.6 Å². The Morgan fingerprint density at radius 2 is 1.88 bits per heavy atom. The number of rotatable bonds is 6. The first kappa shape index (κ1) is 20.6. The van der Waals surface area contributed by atoms with Gasteiger partial charge in [-0.25, -0.2) is 0 Å². The van der Waals surface area contributed by atoms with E-state index in [0.717, 1.165) is 19.4 Å². The molecule has 4 nitrogen and oxygen atoms in total. The first-order valence-corrected chi connectivity index (χ1v) is 9.06. The van der Waals surface area contributed by atoms with Crippen molar-refractivity contribution in [3.05, 3.63) is 34.9 Å². The number of benzene rings is 1. The maximum atomic E-state index is 12.4. The number of hydrogen-bond acceptors (Lipinski definition) is 2. The molecule has 1 heterocycles. The topological polar surface area (TPSA) is 39.7 Å². The van der Waals surface area contributed by atoms with E-state index in [1.54, 1.807) is 7.05 Å². The van der Waals surface area contributed by atoms with E-state index < -0.39 is 12.7 Å². The Kier molecular flexibility index (Phi) is 7.32. The molecule has 1 fully saturated rings. The fraction of sp³-hybridized carbons (Fsp3) is 0.632. The number of likely N-dealkylation sites (tertiary alicyclic amines) is 1. The molecular formula is C19H29F3N4. The molecule has 0 aliphatic carbocycles. The van der Waals surface area contributed by atoms with Crippen molar-refractivity contribution in [3.63, 3.8) is 0 Å². The summed E-state index contributed by atoms with van der Waals surface area (Å²) in [6, 6.07) is 6.51. The average molecular weight is 370 g/mol. The Balaban J connectivity index is 1.70. The molecule has 0 bridgehead atoms. The Morgan fingerprint density at radius 1 is 1.19 bits per heavy atom. The van der Waals surface area contributed by atoms with Crippen molar-refractivity contribution in [1.82, 2.24) is 15.5 Å².